The molecule has 0 radical (unpaired) electrons. The van der Waals surface area contributed by atoms with Crippen molar-refractivity contribution in [3.63, 3.8) is 0 Å². The Kier molecular flexibility index (Phi) is 8.06. The molecular formula is C25H29N5O2S. The van der Waals surface area contributed by atoms with Gasteiger partial charge in [0, 0.05) is 17.8 Å². The molecule has 0 spiro atoms. The largest absolute Gasteiger partial charge is 0.345 e. The Morgan fingerprint density at radius 1 is 1.06 bits per heavy atom. The molecule has 3 rings (SSSR count). The molecule has 0 atom stereocenters. The first-order chi connectivity index (χ1) is 15.8. The maximum absolute atomic E-state index is 12.6. The van der Waals surface area contributed by atoms with Gasteiger partial charge in [-0.15, -0.1) is 16.8 Å². The van der Waals surface area contributed by atoms with E-state index in [1.165, 1.54) is 11.8 Å². The molecule has 33 heavy (non-hydrogen) atoms. The normalized spacial score (nSPS) is 10.7. The third-order valence-corrected chi connectivity index (χ3v) is 6.14. The molecule has 0 unspecified atom stereocenters. The summed E-state index contributed by atoms with van der Waals surface area (Å²) in [6, 6.07) is 11.5. The molecule has 0 aliphatic carbocycles. The van der Waals surface area contributed by atoms with Crippen molar-refractivity contribution in [2.24, 2.45) is 0 Å². The van der Waals surface area contributed by atoms with Crippen molar-refractivity contribution >= 4 is 29.3 Å². The number of thioether (sulfide) groups is 1. The van der Waals surface area contributed by atoms with Crippen molar-refractivity contribution in [2.75, 3.05) is 11.1 Å². The molecular weight excluding hydrogens is 434 g/mol. The number of carbonyl (C=O) groups excluding carboxylic acids is 2. The maximum atomic E-state index is 12.6. The zero-order chi connectivity index (χ0) is 24.0. The molecule has 0 aliphatic heterocycles. The second-order valence-electron chi connectivity index (χ2n) is 7.91. The first-order valence-corrected chi connectivity index (χ1v) is 11.7. The zero-order valence-electron chi connectivity index (χ0n) is 19.4. The van der Waals surface area contributed by atoms with Gasteiger partial charge < -0.3 is 15.2 Å². The Hall–Kier alpha value is -3.39. The molecule has 8 heteroatoms. The van der Waals surface area contributed by atoms with Crippen LogP contribution in [0, 0.1) is 27.7 Å². The van der Waals surface area contributed by atoms with Crippen molar-refractivity contribution < 1.29 is 9.59 Å². The van der Waals surface area contributed by atoms with E-state index in [4.69, 9.17) is 0 Å². The molecule has 2 amide bonds. The number of anilines is 1. The lowest BCUT2D eigenvalue weighted by molar-refractivity contribution is -0.113. The minimum atomic E-state index is -0.168. The SMILES string of the molecule is C=CCn1c(CNC(=O)c2ccccc2C)nnc1SCC(=O)Nc1c(C)cc(C)cc1C. The van der Waals surface area contributed by atoms with Crippen LogP contribution in [0.4, 0.5) is 5.69 Å². The van der Waals surface area contributed by atoms with Crippen LogP contribution in [0.3, 0.4) is 0 Å². The highest BCUT2D eigenvalue weighted by molar-refractivity contribution is 7.99. The fraction of sp³-hybridized carbons (Fsp3) is 0.280. The van der Waals surface area contributed by atoms with E-state index < -0.39 is 0 Å². The molecule has 2 aromatic carbocycles. The van der Waals surface area contributed by atoms with Crippen LogP contribution in [-0.4, -0.2) is 32.3 Å². The van der Waals surface area contributed by atoms with Gasteiger partial charge in [-0.25, -0.2) is 0 Å². The van der Waals surface area contributed by atoms with Crippen LogP contribution in [0.1, 0.15) is 38.4 Å². The summed E-state index contributed by atoms with van der Waals surface area (Å²) in [5.41, 5.74) is 5.61. The van der Waals surface area contributed by atoms with E-state index >= 15 is 0 Å². The van der Waals surface area contributed by atoms with E-state index in [0.29, 0.717) is 23.1 Å². The molecule has 0 saturated heterocycles. The molecule has 172 valence electrons. The second-order valence-corrected chi connectivity index (χ2v) is 8.85. The standard InChI is InChI=1S/C25H29N5O2S/c1-6-11-30-21(14-26-24(32)20-10-8-7-9-17(20)3)28-29-25(30)33-15-22(31)27-23-18(4)12-16(2)13-19(23)5/h6-10,12-13H,1,11,14-15H2,2-5H3,(H,26,32)(H,27,31). The number of hydrogen-bond acceptors (Lipinski definition) is 5. The van der Waals surface area contributed by atoms with Crippen LogP contribution in [0.5, 0.6) is 0 Å². The van der Waals surface area contributed by atoms with E-state index in [9.17, 15) is 9.59 Å². The van der Waals surface area contributed by atoms with Crippen molar-refractivity contribution in [3.05, 3.63) is 82.7 Å². The van der Waals surface area contributed by atoms with E-state index in [1.54, 1.807) is 12.1 Å². The summed E-state index contributed by atoms with van der Waals surface area (Å²) in [4.78, 5) is 25.1. The van der Waals surface area contributed by atoms with Crippen molar-refractivity contribution in [1.29, 1.82) is 0 Å². The van der Waals surface area contributed by atoms with Gasteiger partial charge in [-0.3, -0.25) is 9.59 Å². The van der Waals surface area contributed by atoms with Gasteiger partial charge in [-0.2, -0.15) is 0 Å². The summed E-state index contributed by atoms with van der Waals surface area (Å²) in [6.45, 7) is 12.4. The highest BCUT2D eigenvalue weighted by atomic mass is 32.2. The smallest absolute Gasteiger partial charge is 0.251 e. The lowest BCUT2D eigenvalue weighted by Gasteiger charge is -2.13. The number of hydrogen-bond donors (Lipinski definition) is 2. The van der Waals surface area contributed by atoms with Gasteiger partial charge in [0.05, 0.1) is 12.3 Å². The van der Waals surface area contributed by atoms with Crippen LogP contribution in [0.25, 0.3) is 0 Å². The quantitative estimate of drug-likeness (QED) is 0.364. The minimum Gasteiger partial charge on any atom is -0.345 e. The lowest BCUT2D eigenvalue weighted by atomic mass is 10.1. The Balaban J connectivity index is 1.64. The minimum absolute atomic E-state index is 0.113. The van der Waals surface area contributed by atoms with Gasteiger partial charge in [-0.05, 0) is 50.5 Å². The Morgan fingerprint density at radius 2 is 1.76 bits per heavy atom. The fourth-order valence-electron chi connectivity index (χ4n) is 3.63. The number of allylic oxidation sites excluding steroid dienone is 1. The lowest BCUT2D eigenvalue weighted by Crippen LogP contribution is -2.25. The Bertz CT molecular complexity index is 1160. The maximum Gasteiger partial charge on any atom is 0.251 e. The predicted molar refractivity (Wildman–Crippen MR) is 133 cm³/mol. The van der Waals surface area contributed by atoms with Gasteiger partial charge in [0.2, 0.25) is 5.91 Å². The average Bonchev–Trinajstić information content (AvgIpc) is 3.15. The topological polar surface area (TPSA) is 88.9 Å². The van der Waals surface area contributed by atoms with E-state index in [2.05, 4.69) is 27.4 Å². The highest BCUT2D eigenvalue weighted by Crippen LogP contribution is 2.23. The molecule has 3 aromatic rings. The first kappa shape index (κ1) is 24.3. The van der Waals surface area contributed by atoms with E-state index in [0.717, 1.165) is 27.9 Å². The molecule has 1 aromatic heterocycles. The number of aromatic nitrogens is 3. The number of aryl methyl sites for hydroxylation is 4. The zero-order valence-corrected chi connectivity index (χ0v) is 20.3. The number of nitrogens with one attached hydrogen (secondary N) is 2. The number of amides is 2. The van der Waals surface area contributed by atoms with Crippen molar-refractivity contribution in [2.45, 2.75) is 45.9 Å². The number of carbonyl (C=O) groups is 2. The number of nitrogens with zero attached hydrogens (tertiary/aromatic N) is 3. The molecule has 0 bridgehead atoms. The van der Waals surface area contributed by atoms with Gasteiger partial charge in [-0.1, -0.05) is 53.7 Å². The molecule has 0 aliphatic rings. The second kappa shape index (κ2) is 11.0. The number of benzene rings is 2. The fourth-order valence-corrected chi connectivity index (χ4v) is 4.40. The van der Waals surface area contributed by atoms with Gasteiger partial charge >= 0.3 is 0 Å². The van der Waals surface area contributed by atoms with Crippen LogP contribution >= 0.6 is 11.8 Å². The summed E-state index contributed by atoms with van der Waals surface area (Å²) in [6.07, 6.45) is 1.74. The predicted octanol–water partition coefficient (Wildman–Crippen LogP) is 4.36. The van der Waals surface area contributed by atoms with Gasteiger partial charge in [0.15, 0.2) is 11.0 Å². The van der Waals surface area contributed by atoms with Gasteiger partial charge in [0.1, 0.15) is 0 Å². The van der Waals surface area contributed by atoms with Crippen LogP contribution in [0.2, 0.25) is 0 Å². The van der Waals surface area contributed by atoms with Crippen molar-refractivity contribution in [1.82, 2.24) is 20.1 Å². The van der Waals surface area contributed by atoms with Gasteiger partial charge in [0.25, 0.3) is 5.91 Å². The summed E-state index contributed by atoms with van der Waals surface area (Å²) >= 11 is 1.30. The molecule has 7 nitrogen and oxygen atoms in total. The van der Waals surface area contributed by atoms with E-state index in [-0.39, 0.29) is 24.1 Å². The average molecular weight is 464 g/mol. The highest BCUT2D eigenvalue weighted by Gasteiger charge is 2.16. The first-order valence-electron chi connectivity index (χ1n) is 10.7. The van der Waals surface area contributed by atoms with Crippen LogP contribution in [-0.2, 0) is 17.9 Å². The molecule has 1 heterocycles. The Morgan fingerprint density at radius 3 is 2.42 bits per heavy atom. The van der Waals surface area contributed by atoms with E-state index in [1.807, 2.05) is 62.6 Å². The summed E-state index contributed by atoms with van der Waals surface area (Å²) in [5, 5.41) is 14.9. The summed E-state index contributed by atoms with van der Waals surface area (Å²) in [7, 11) is 0. The monoisotopic (exact) mass is 463 g/mol. The third-order valence-electron chi connectivity index (χ3n) is 5.18. The number of rotatable bonds is 9. The molecule has 2 N–H and O–H groups in total. The van der Waals surface area contributed by atoms with Crippen LogP contribution in [0.15, 0.2) is 54.2 Å². The van der Waals surface area contributed by atoms with Crippen LogP contribution < -0.4 is 10.6 Å². The third kappa shape index (κ3) is 6.10. The molecule has 0 saturated carbocycles. The Labute approximate surface area is 198 Å². The summed E-state index contributed by atoms with van der Waals surface area (Å²) in [5.74, 6) is 0.513. The van der Waals surface area contributed by atoms with Crippen molar-refractivity contribution in [3.8, 4) is 0 Å². The summed E-state index contributed by atoms with van der Waals surface area (Å²) < 4.78 is 1.85. The molecule has 0 fully saturated rings.